The maximum atomic E-state index is 10.8. The standard InChI is InChI=1S/C11H14O2/c1-4(2)7-5-3-6(5)8-9(7)10(8)11(12)13/h5-6,8-10H,3H2,1-2H3,(H,12,13)/p-1. The van der Waals surface area contributed by atoms with Crippen molar-refractivity contribution in [2.45, 2.75) is 20.3 Å². The molecule has 3 fully saturated rings. The third-order valence-corrected chi connectivity index (χ3v) is 4.02. The van der Waals surface area contributed by atoms with Crippen molar-refractivity contribution in [2.24, 2.45) is 29.6 Å². The van der Waals surface area contributed by atoms with Crippen molar-refractivity contribution in [1.82, 2.24) is 0 Å². The molecule has 3 saturated carbocycles. The van der Waals surface area contributed by atoms with Crippen LogP contribution in [0.2, 0.25) is 0 Å². The molecule has 2 nitrogen and oxygen atoms in total. The molecule has 0 aromatic rings. The highest BCUT2D eigenvalue weighted by Gasteiger charge is 2.70. The first-order valence-electron chi connectivity index (χ1n) is 5.01. The zero-order valence-electron chi connectivity index (χ0n) is 7.91. The minimum Gasteiger partial charge on any atom is -0.550 e. The summed E-state index contributed by atoms with van der Waals surface area (Å²) in [4.78, 5) is 10.8. The maximum absolute atomic E-state index is 10.8. The van der Waals surface area contributed by atoms with Crippen LogP contribution >= 0.6 is 0 Å². The first-order chi connectivity index (χ1) is 6.13. The van der Waals surface area contributed by atoms with E-state index in [9.17, 15) is 9.90 Å². The van der Waals surface area contributed by atoms with E-state index in [2.05, 4.69) is 13.8 Å². The molecule has 13 heavy (non-hydrogen) atoms. The highest BCUT2D eigenvalue weighted by atomic mass is 16.4. The van der Waals surface area contributed by atoms with Crippen LogP contribution in [0.5, 0.6) is 0 Å². The van der Waals surface area contributed by atoms with Gasteiger partial charge in [0.05, 0.1) is 0 Å². The molecule has 0 N–H and O–H groups in total. The summed E-state index contributed by atoms with van der Waals surface area (Å²) in [5.41, 5.74) is 2.81. The molecule has 0 saturated heterocycles. The Morgan fingerprint density at radius 2 is 2.15 bits per heavy atom. The Morgan fingerprint density at radius 3 is 2.69 bits per heavy atom. The normalized spacial score (nSPS) is 49.7. The summed E-state index contributed by atoms with van der Waals surface area (Å²) in [5.74, 6) is 1.35. The summed E-state index contributed by atoms with van der Waals surface area (Å²) >= 11 is 0. The van der Waals surface area contributed by atoms with Crippen LogP contribution in [-0.4, -0.2) is 5.97 Å². The van der Waals surface area contributed by atoms with Crippen LogP contribution in [0.25, 0.3) is 0 Å². The number of rotatable bonds is 1. The monoisotopic (exact) mass is 177 g/mol. The van der Waals surface area contributed by atoms with Crippen LogP contribution < -0.4 is 5.11 Å². The highest BCUT2D eigenvalue weighted by molar-refractivity contribution is 5.75. The number of hydrogen-bond donors (Lipinski definition) is 0. The number of carbonyl (C=O) groups excluding carboxylic acids is 1. The van der Waals surface area contributed by atoms with Crippen molar-refractivity contribution in [3.8, 4) is 0 Å². The van der Waals surface area contributed by atoms with E-state index >= 15 is 0 Å². The quantitative estimate of drug-likeness (QED) is 0.550. The average Bonchev–Trinajstić information content (AvgIpc) is 2.85. The smallest absolute Gasteiger partial charge is 0.0454 e. The van der Waals surface area contributed by atoms with Crippen LogP contribution in [0.1, 0.15) is 20.3 Å². The minimum absolute atomic E-state index is 0.131. The van der Waals surface area contributed by atoms with Gasteiger partial charge in [-0.15, -0.1) is 0 Å². The number of allylic oxidation sites excluding steroid dienone is 2. The summed E-state index contributed by atoms with van der Waals surface area (Å²) < 4.78 is 0. The molecular formula is C11H13O2-. The van der Waals surface area contributed by atoms with Gasteiger partial charge in [0.1, 0.15) is 0 Å². The maximum Gasteiger partial charge on any atom is 0.0454 e. The molecule has 0 amide bonds. The average molecular weight is 177 g/mol. The third kappa shape index (κ3) is 0.767. The van der Waals surface area contributed by atoms with Crippen molar-refractivity contribution in [2.75, 3.05) is 0 Å². The molecule has 5 unspecified atom stereocenters. The van der Waals surface area contributed by atoms with Gasteiger partial charge in [0.25, 0.3) is 0 Å². The van der Waals surface area contributed by atoms with Crippen molar-refractivity contribution in [3.05, 3.63) is 11.1 Å². The topological polar surface area (TPSA) is 40.1 Å². The lowest BCUT2D eigenvalue weighted by molar-refractivity contribution is -0.308. The lowest BCUT2D eigenvalue weighted by Gasteiger charge is -2.08. The molecule has 70 valence electrons. The van der Waals surface area contributed by atoms with Crippen molar-refractivity contribution < 1.29 is 9.90 Å². The van der Waals surface area contributed by atoms with Gasteiger partial charge in [-0.05, 0) is 43.9 Å². The number of carboxylic acids is 1. The van der Waals surface area contributed by atoms with Crippen molar-refractivity contribution in [1.29, 1.82) is 0 Å². The number of fused-ring (bicyclic) bond motifs is 3. The largest absolute Gasteiger partial charge is 0.550 e. The Morgan fingerprint density at radius 1 is 1.46 bits per heavy atom. The van der Waals surface area contributed by atoms with Crippen LogP contribution in [-0.2, 0) is 4.79 Å². The summed E-state index contributed by atoms with van der Waals surface area (Å²) in [6.45, 7) is 4.22. The second-order valence-corrected chi connectivity index (χ2v) is 4.91. The van der Waals surface area contributed by atoms with Gasteiger partial charge in [-0.3, -0.25) is 0 Å². The Balaban J connectivity index is 1.95. The SMILES string of the molecule is CC(C)=C1C2CC2C2C(C(=O)[O-])C12. The van der Waals surface area contributed by atoms with E-state index in [1.165, 1.54) is 17.6 Å². The highest BCUT2D eigenvalue weighted by Crippen LogP contribution is 2.75. The van der Waals surface area contributed by atoms with Crippen molar-refractivity contribution >= 4 is 5.97 Å². The number of carbonyl (C=O) groups is 1. The summed E-state index contributed by atoms with van der Waals surface area (Å²) in [5, 5.41) is 10.8. The molecule has 0 spiro atoms. The molecule has 0 heterocycles. The van der Waals surface area contributed by atoms with Gasteiger partial charge in [0, 0.05) is 11.9 Å². The van der Waals surface area contributed by atoms with Crippen LogP contribution in [0.15, 0.2) is 11.1 Å². The molecule has 3 aliphatic rings. The van der Waals surface area contributed by atoms with E-state index < -0.39 is 5.97 Å². The Kier molecular flexibility index (Phi) is 1.17. The Hall–Kier alpha value is -0.790. The molecule has 0 radical (unpaired) electrons. The second kappa shape index (κ2) is 1.99. The summed E-state index contributed by atoms with van der Waals surface area (Å²) in [7, 11) is 0. The van der Waals surface area contributed by atoms with E-state index in [1.807, 2.05) is 0 Å². The lowest BCUT2D eigenvalue weighted by atomic mass is 10.0. The fourth-order valence-corrected chi connectivity index (χ4v) is 3.52. The number of carboxylic acid groups (broad SMARTS) is 1. The predicted octanol–water partition coefficient (Wildman–Crippen LogP) is 0.585. The fourth-order valence-electron chi connectivity index (χ4n) is 3.52. The molecular weight excluding hydrogens is 164 g/mol. The van der Waals surface area contributed by atoms with Crippen LogP contribution in [0.4, 0.5) is 0 Å². The molecule has 2 heteroatoms. The van der Waals surface area contributed by atoms with Gasteiger partial charge in [-0.1, -0.05) is 11.1 Å². The lowest BCUT2D eigenvalue weighted by Crippen LogP contribution is -2.26. The Bertz CT molecular complexity index is 325. The van der Waals surface area contributed by atoms with Gasteiger partial charge in [-0.25, -0.2) is 0 Å². The van der Waals surface area contributed by atoms with Gasteiger partial charge in [0.2, 0.25) is 0 Å². The molecule has 3 rings (SSSR count). The molecule has 0 aromatic carbocycles. The molecule has 3 aliphatic carbocycles. The van der Waals surface area contributed by atoms with Crippen LogP contribution in [0, 0.1) is 29.6 Å². The summed E-state index contributed by atoms with van der Waals surface area (Å²) in [6, 6.07) is 0. The molecule has 5 atom stereocenters. The molecule has 0 aromatic heterocycles. The third-order valence-electron chi connectivity index (χ3n) is 4.02. The number of hydrogen-bond acceptors (Lipinski definition) is 2. The Labute approximate surface area is 77.6 Å². The van der Waals surface area contributed by atoms with Gasteiger partial charge in [0.15, 0.2) is 0 Å². The van der Waals surface area contributed by atoms with E-state index in [0.29, 0.717) is 17.8 Å². The van der Waals surface area contributed by atoms with Gasteiger partial charge < -0.3 is 9.90 Å². The summed E-state index contributed by atoms with van der Waals surface area (Å²) in [6.07, 6.45) is 1.24. The van der Waals surface area contributed by atoms with E-state index in [1.54, 1.807) is 0 Å². The zero-order chi connectivity index (χ0) is 9.33. The van der Waals surface area contributed by atoms with Gasteiger partial charge >= 0.3 is 0 Å². The zero-order valence-corrected chi connectivity index (χ0v) is 7.91. The van der Waals surface area contributed by atoms with Crippen molar-refractivity contribution in [3.63, 3.8) is 0 Å². The molecule has 0 aliphatic heterocycles. The van der Waals surface area contributed by atoms with Gasteiger partial charge in [-0.2, -0.15) is 0 Å². The minimum atomic E-state index is -0.820. The molecule has 0 bridgehead atoms. The first-order valence-corrected chi connectivity index (χ1v) is 5.01. The van der Waals surface area contributed by atoms with E-state index in [4.69, 9.17) is 0 Å². The predicted molar refractivity (Wildman–Crippen MR) is 45.4 cm³/mol. The van der Waals surface area contributed by atoms with E-state index in [0.717, 1.165) is 5.92 Å². The number of aliphatic carboxylic acids is 1. The van der Waals surface area contributed by atoms with E-state index in [-0.39, 0.29) is 5.92 Å². The second-order valence-electron chi connectivity index (χ2n) is 4.91. The van der Waals surface area contributed by atoms with Crippen LogP contribution in [0.3, 0.4) is 0 Å². The first kappa shape index (κ1) is 7.60. The fraction of sp³-hybridized carbons (Fsp3) is 0.727.